The van der Waals surface area contributed by atoms with Crippen molar-refractivity contribution in [3.05, 3.63) is 34.9 Å². The maximum absolute atomic E-state index is 12.3. The van der Waals surface area contributed by atoms with Crippen molar-refractivity contribution in [2.24, 2.45) is 11.1 Å². The van der Waals surface area contributed by atoms with Crippen LogP contribution in [0.25, 0.3) is 0 Å². The third kappa shape index (κ3) is 3.49. The number of likely N-dealkylation sites (tertiary alicyclic amines) is 1. The zero-order valence-corrected chi connectivity index (χ0v) is 13.1. The predicted octanol–water partition coefficient (Wildman–Crippen LogP) is 2.80. The highest BCUT2D eigenvalue weighted by molar-refractivity contribution is 7.80. The number of nitrogens with two attached hydrogens (primary N) is 1. The van der Waals surface area contributed by atoms with Crippen LogP contribution in [0.1, 0.15) is 25.3 Å². The summed E-state index contributed by atoms with van der Waals surface area (Å²) in [5.41, 5.74) is 6.62. The molecule has 3 nitrogen and oxygen atoms in total. The Balaban J connectivity index is 1.94. The average molecular weight is 311 g/mol. The molecule has 108 valence electrons. The van der Waals surface area contributed by atoms with Gasteiger partial charge in [-0.2, -0.15) is 0 Å². The van der Waals surface area contributed by atoms with Crippen LogP contribution in [0, 0.1) is 5.41 Å². The summed E-state index contributed by atoms with van der Waals surface area (Å²) in [7, 11) is 0. The van der Waals surface area contributed by atoms with Crippen molar-refractivity contribution in [3.8, 4) is 0 Å². The maximum atomic E-state index is 12.3. The highest BCUT2D eigenvalue weighted by Gasteiger charge is 2.33. The minimum absolute atomic E-state index is 0.109. The molecule has 20 heavy (non-hydrogen) atoms. The number of hydrogen-bond donors (Lipinski definition) is 1. The van der Waals surface area contributed by atoms with Gasteiger partial charge in [0.25, 0.3) is 0 Å². The number of carbonyl (C=O) groups is 1. The Morgan fingerprint density at radius 2 is 2.10 bits per heavy atom. The summed E-state index contributed by atoms with van der Waals surface area (Å²) < 4.78 is 0. The second-order valence-electron chi connectivity index (χ2n) is 5.61. The molecule has 1 heterocycles. The molecule has 1 saturated heterocycles. The molecule has 2 N–H and O–H groups in total. The molecule has 0 aromatic heterocycles. The standard InChI is InChI=1S/C15H19ClN2OS/c1-15(14(17)20)5-7-18(8-6-15)13(19)10-11-3-2-4-12(16)9-11/h2-4,9H,5-8,10H2,1H3,(H2,17,20). The van der Waals surface area contributed by atoms with Gasteiger partial charge >= 0.3 is 0 Å². The van der Waals surface area contributed by atoms with Crippen LogP contribution >= 0.6 is 23.8 Å². The molecule has 1 aliphatic rings. The molecule has 0 aliphatic carbocycles. The molecule has 0 spiro atoms. The van der Waals surface area contributed by atoms with Gasteiger partial charge in [-0.05, 0) is 30.5 Å². The Morgan fingerprint density at radius 1 is 1.45 bits per heavy atom. The summed E-state index contributed by atoms with van der Waals surface area (Å²) in [6.45, 7) is 3.51. The third-order valence-electron chi connectivity index (χ3n) is 4.06. The van der Waals surface area contributed by atoms with Crippen LogP contribution in [0.2, 0.25) is 5.02 Å². The summed E-state index contributed by atoms with van der Waals surface area (Å²) >= 11 is 11.0. The number of rotatable bonds is 3. The Hall–Kier alpha value is -1.13. The zero-order chi connectivity index (χ0) is 14.8. The third-order valence-corrected chi connectivity index (χ3v) is 4.79. The smallest absolute Gasteiger partial charge is 0.226 e. The summed E-state index contributed by atoms with van der Waals surface area (Å²) in [6.07, 6.45) is 2.07. The number of carbonyl (C=O) groups excluding carboxylic acids is 1. The van der Waals surface area contributed by atoms with Crippen molar-refractivity contribution in [2.75, 3.05) is 13.1 Å². The van der Waals surface area contributed by atoms with E-state index in [1.807, 2.05) is 29.2 Å². The SMILES string of the molecule is CC1(C(N)=S)CCN(C(=O)Cc2cccc(Cl)c2)CC1. The second-order valence-corrected chi connectivity index (χ2v) is 6.49. The molecule has 2 rings (SSSR count). The summed E-state index contributed by atoms with van der Waals surface area (Å²) in [6, 6.07) is 7.44. The molecule has 1 aliphatic heterocycles. The van der Waals surface area contributed by atoms with E-state index in [9.17, 15) is 4.79 Å². The minimum Gasteiger partial charge on any atom is -0.393 e. The Kier molecular flexibility index (Phi) is 4.66. The maximum Gasteiger partial charge on any atom is 0.226 e. The van der Waals surface area contributed by atoms with Gasteiger partial charge in [0.1, 0.15) is 0 Å². The fourth-order valence-corrected chi connectivity index (χ4v) is 2.85. The summed E-state index contributed by atoms with van der Waals surface area (Å²) in [5, 5.41) is 0.662. The van der Waals surface area contributed by atoms with E-state index in [1.165, 1.54) is 0 Å². The minimum atomic E-state index is -0.109. The first-order valence-electron chi connectivity index (χ1n) is 6.73. The Morgan fingerprint density at radius 3 is 2.65 bits per heavy atom. The molecule has 0 unspecified atom stereocenters. The Bertz CT molecular complexity index is 524. The van der Waals surface area contributed by atoms with Crippen LogP contribution in [0.15, 0.2) is 24.3 Å². The Labute approximate surface area is 130 Å². The number of halogens is 1. The van der Waals surface area contributed by atoms with Crippen LogP contribution in [0.5, 0.6) is 0 Å². The molecule has 0 bridgehead atoms. The number of thiocarbonyl (C=S) groups is 1. The highest BCUT2D eigenvalue weighted by Crippen LogP contribution is 2.31. The van der Waals surface area contributed by atoms with Crippen LogP contribution in [0.4, 0.5) is 0 Å². The fourth-order valence-electron chi connectivity index (χ4n) is 2.43. The van der Waals surface area contributed by atoms with Crippen molar-refractivity contribution in [1.29, 1.82) is 0 Å². The van der Waals surface area contributed by atoms with Crippen molar-refractivity contribution in [3.63, 3.8) is 0 Å². The van der Waals surface area contributed by atoms with E-state index in [4.69, 9.17) is 29.6 Å². The fraction of sp³-hybridized carbons (Fsp3) is 0.467. The molecular weight excluding hydrogens is 292 g/mol. The lowest BCUT2D eigenvalue weighted by molar-refractivity contribution is -0.132. The van der Waals surface area contributed by atoms with E-state index in [1.54, 1.807) is 0 Å². The van der Waals surface area contributed by atoms with Crippen molar-refractivity contribution < 1.29 is 4.79 Å². The summed E-state index contributed by atoms with van der Waals surface area (Å²) in [5.74, 6) is 0.136. The van der Waals surface area contributed by atoms with Gasteiger partial charge in [-0.25, -0.2) is 0 Å². The molecule has 1 amide bonds. The molecule has 1 fully saturated rings. The lowest BCUT2D eigenvalue weighted by Crippen LogP contribution is -2.47. The van der Waals surface area contributed by atoms with Crippen LogP contribution in [-0.4, -0.2) is 28.9 Å². The number of amides is 1. The van der Waals surface area contributed by atoms with Crippen molar-refractivity contribution in [2.45, 2.75) is 26.2 Å². The normalized spacial score (nSPS) is 17.8. The zero-order valence-electron chi connectivity index (χ0n) is 11.6. The molecule has 1 aromatic carbocycles. The van der Waals surface area contributed by atoms with Gasteiger partial charge in [0.05, 0.1) is 11.4 Å². The van der Waals surface area contributed by atoms with Gasteiger partial charge < -0.3 is 10.6 Å². The molecule has 5 heteroatoms. The summed E-state index contributed by atoms with van der Waals surface area (Å²) in [4.78, 5) is 14.7. The highest BCUT2D eigenvalue weighted by atomic mass is 35.5. The van der Waals surface area contributed by atoms with Crippen LogP contribution in [0.3, 0.4) is 0 Å². The van der Waals surface area contributed by atoms with Gasteiger partial charge in [0.2, 0.25) is 5.91 Å². The molecule has 0 atom stereocenters. The predicted molar refractivity (Wildman–Crippen MR) is 85.9 cm³/mol. The van der Waals surface area contributed by atoms with E-state index in [2.05, 4.69) is 6.92 Å². The first kappa shape index (κ1) is 15.3. The quantitative estimate of drug-likeness (QED) is 0.873. The lowest BCUT2D eigenvalue weighted by atomic mass is 9.80. The van der Waals surface area contributed by atoms with E-state index in [-0.39, 0.29) is 11.3 Å². The van der Waals surface area contributed by atoms with Crippen LogP contribution < -0.4 is 5.73 Å². The molecule has 1 aromatic rings. The second kappa shape index (κ2) is 6.10. The van der Waals surface area contributed by atoms with Crippen molar-refractivity contribution in [1.82, 2.24) is 4.90 Å². The van der Waals surface area contributed by atoms with Gasteiger partial charge in [0.15, 0.2) is 0 Å². The number of piperidine rings is 1. The first-order valence-corrected chi connectivity index (χ1v) is 7.51. The number of benzene rings is 1. The largest absolute Gasteiger partial charge is 0.393 e. The monoisotopic (exact) mass is 310 g/mol. The molecule has 0 radical (unpaired) electrons. The topological polar surface area (TPSA) is 46.3 Å². The van der Waals surface area contributed by atoms with Gasteiger partial charge in [-0.15, -0.1) is 0 Å². The molecule has 0 saturated carbocycles. The van der Waals surface area contributed by atoms with Gasteiger partial charge in [0, 0.05) is 23.5 Å². The van der Waals surface area contributed by atoms with Gasteiger partial charge in [-0.1, -0.05) is 42.9 Å². The van der Waals surface area contributed by atoms with Crippen LogP contribution in [-0.2, 0) is 11.2 Å². The van der Waals surface area contributed by atoms with E-state index in [0.717, 1.165) is 18.4 Å². The van der Waals surface area contributed by atoms with Crippen molar-refractivity contribution >= 4 is 34.7 Å². The number of nitrogens with zero attached hydrogens (tertiary/aromatic N) is 1. The van der Waals surface area contributed by atoms with E-state index in [0.29, 0.717) is 29.5 Å². The first-order chi connectivity index (χ1) is 9.40. The van der Waals surface area contributed by atoms with E-state index < -0.39 is 0 Å². The van der Waals surface area contributed by atoms with E-state index >= 15 is 0 Å². The number of hydrogen-bond acceptors (Lipinski definition) is 2. The molecular formula is C15H19ClN2OS. The lowest BCUT2D eigenvalue weighted by Gasteiger charge is -2.38. The average Bonchev–Trinajstić information content (AvgIpc) is 2.39. The van der Waals surface area contributed by atoms with Gasteiger partial charge in [-0.3, -0.25) is 4.79 Å².